The number of piperazine rings is 1. The third-order valence-corrected chi connectivity index (χ3v) is 5.36. The van der Waals surface area contributed by atoms with E-state index in [0.29, 0.717) is 5.92 Å². The van der Waals surface area contributed by atoms with Gasteiger partial charge in [-0.15, -0.1) is 0 Å². The molecular formula is C19H25N5. The van der Waals surface area contributed by atoms with Crippen molar-refractivity contribution in [3.8, 4) is 0 Å². The summed E-state index contributed by atoms with van der Waals surface area (Å²) in [6.07, 6.45) is 4.02. The lowest BCUT2D eigenvalue weighted by atomic mass is 10.1. The number of hydrogen-bond donors (Lipinski definition) is 1. The van der Waals surface area contributed by atoms with E-state index in [1.54, 1.807) is 6.33 Å². The number of rotatable bonds is 2. The molecule has 5 heteroatoms. The Labute approximate surface area is 143 Å². The van der Waals surface area contributed by atoms with Crippen molar-refractivity contribution in [1.82, 2.24) is 9.97 Å². The summed E-state index contributed by atoms with van der Waals surface area (Å²) in [4.78, 5) is 13.9. The largest absolute Gasteiger partial charge is 0.397 e. The average molecular weight is 323 g/mol. The molecule has 1 fully saturated rings. The van der Waals surface area contributed by atoms with E-state index in [4.69, 9.17) is 5.73 Å². The van der Waals surface area contributed by atoms with Gasteiger partial charge in [-0.2, -0.15) is 0 Å². The molecular weight excluding hydrogens is 298 g/mol. The van der Waals surface area contributed by atoms with Crippen molar-refractivity contribution in [3.05, 3.63) is 41.3 Å². The molecule has 0 bridgehead atoms. The van der Waals surface area contributed by atoms with E-state index < -0.39 is 0 Å². The molecule has 1 aromatic heterocycles. The van der Waals surface area contributed by atoms with Gasteiger partial charge in [0.1, 0.15) is 12.1 Å². The monoisotopic (exact) mass is 323 g/mol. The first kappa shape index (κ1) is 15.2. The lowest BCUT2D eigenvalue weighted by molar-refractivity contribution is 0.640. The lowest BCUT2D eigenvalue weighted by Gasteiger charge is -2.38. The fraction of sp³-hybridized carbons (Fsp3) is 0.474. The number of fused-ring (bicyclic) bond motifs is 1. The molecule has 5 nitrogen and oxygen atoms in total. The fourth-order valence-electron chi connectivity index (χ4n) is 4.00. The van der Waals surface area contributed by atoms with Gasteiger partial charge in [0.2, 0.25) is 0 Å². The molecule has 0 radical (unpaired) electrons. The Bertz CT molecular complexity index is 749. The van der Waals surface area contributed by atoms with Gasteiger partial charge < -0.3 is 15.5 Å². The first-order chi connectivity index (χ1) is 11.6. The molecule has 126 valence electrons. The van der Waals surface area contributed by atoms with E-state index in [2.05, 4.69) is 51.8 Å². The molecule has 4 rings (SSSR count). The molecule has 24 heavy (non-hydrogen) atoms. The fourth-order valence-corrected chi connectivity index (χ4v) is 4.00. The maximum absolute atomic E-state index is 6.21. The van der Waals surface area contributed by atoms with Crippen molar-refractivity contribution >= 4 is 17.2 Å². The van der Waals surface area contributed by atoms with Gasteiger partial charge in [-0.3, -0.25) is 0 Å². The van der Waals surface area contributed by atoms with Gasteiger partial charge in [0.25, 0.3) is 0 Å². The van der Waals surface area contributed by atoms with Gasteiger partial charge in [-0.25, -0.2) is 9.97 Å². The summed E-state index contributed by atoms with van der Waals surface area (Å²) in [5, 5.41) is 0. The highest BCUT2D eigenvalue weighted by molar-refractivity contribution is 5.69. The van der Waals surface area contributed by atoms with E-state index in [1.807, 2.05) is 0 Å². The van der Waals surface area contributed by atoms with Gasteiger partial charge in [0.05, 0.1) is 11.4 Å². The standard InChI is InChI=1S/C19H25N5/c1-13-3-6-17(15(20)11-13)23-7-9-24(10-8-23)19-18-14(2)4-5-16(18)21-12-22-19/h3,6,11-12,14H,4-5,7-10,20H2,1-2H3/t14-/m1/s1. The molecule has 1 aromatic carbocycles. The third-order valence-electron chi connectivity index (χ3n) is 5.36. The van der Waals surface area contributed by atoms with Crippen molar-refractivity contribution in [2.45, 2.75) is 32.6 Å². The highest BCUT2D eigenvalue weighted by Gasteiger charge is 2.28. The van der Waals surface area contributed by atoms with Gasteiger partial charge >= 0.3 is 0 Å². The summed E-state index contributed by atoms with van der Waals surface area (Å²) < 4.78 is 0. The van der Waals surface area contributed by atoms with Crippen LogP contribution in [0.1, 0.15) is 36.1 Å². The lowest BCUT2D eigenvalue weighted by Crippen LogP contribution is -2.47. The minimum atomic E-state index is 0.571. The van der Waals surface area contributed by atoms with Gasteiger partial charge in [-0.1, -0.05) is 13.0 Å². The van der Waals surface area contributed by atoms with Crippen LogP contribution in [-0.4, -0.2) is 36.1 Å². The van der Waals surface area contributed by atoms with Crippen LogP contribution >= 0.6 is 0 Å². The van der Waals surface area contributed by atoms with E-state index in [-0.39, 0.29) is 0 Å². The average Bonchev–Trinajstić information content (AvgIpc) is 2.97. The Morgan fingerprint density at radius 3 is 2.58 bits per heavy atom. The Morgan fingerprint density at radius 2 is 1.83 bits per heavy atom. The van der Waals surface area contributed by atoms with Gasteiger partial charge in [-0.05, 0) is 43.4 Å². The molecule has 0 unspecified atom stereocenters. The molecule has 2 aliphatic rings. The second kappa shape index (κ2) is 5.96. The predicted molar refractivity (Wildman–Crippen MR) is 98.8 cm³/mol. The molecule has 0 saturated carbocycles. The Kier molecular flexibility index (Phi) is 3.79. The number of nitrogens with two attached hydrogens (primary N) is 1. The molecule has 1 aliphatic carbocycles. The summed E-state index contributed by atoms with van der Waals surface area (Å²) in [7, 11) is 0. The summed E-state index contributed by atoms with van der Waals surface area (Å²) in [5.41, 5.74) is 12.1. The number of anilines is 3. The number of hydrogen-bond acceptors (Lipinski definition) is 5. The summed E-state index contributed by atoms with van der Waals surface area (Å²) in [5.74, 6) is 1.73. The zero-order valence-corrected chi connectivity index (χ0v) is 14.5. The van der Waals surface area contributed by atoms with Crippen LogP contribution in [0, 0.1) is 6.92 Å². The summed E-state index contributed by atoms with van der Waals surface area (Å²) in [6.45, 7) is 8.27. The second-order valence-electron chi connectivity index (χ2n) is 7.03. The van der Waals surface area contributed by atoms with Crippen LogP contribution in [0.3, 0.4) is 0 Å². The van der Waals surface area contributed by atoms with Crippen LogP contribution < -0.4 is 15.5 Å². The maximum atomic E-state index is 6.21. The van der Waals surface area contributed by atoms with Crippen LogP contribution in [0.2, 0.25) is 0 Å². The number of nitrogen functional groups attached to an aromatic ring is 1. The second-order valence-corrected chi connectivity index (χ2v) is 7.03. The van der Waals surface area contributed by atoms with Crippen molar-refractivity contribution in [2.75, 3.05) is 41.7 Å². The van der Waals surface area contributed by atoms with Gasteiger partial charge in [0.15, 0.2) is 0 Å². The normalized spacial score (nSPS) is 20.3. The number of aryl methyl sites for hydroxylation is 2. The van der Waals surface area contributed by atoms with E-state index >= 15 is 0 Å². The molecule has 0 amide bonds. The van der Waals surface area contributed by atoms with Crippen molar-refractivity contribution in [1.29, 1.82) is 0 Å². The van der Waals surface area contributed by atoms with E-state index in [1.165, 1.54) is 23.2 Å². The van der Waals surface area contributed by atoms with Gasteiger partial charge in [0, 0.05) is 37.4 Å². The Balaban J connectivity index is 1.52. The highest BCUT2D eigenvalue weighted by Crippen LogP contribution is 2.37. The van der Waals surface area contributed by atoms with E-state index in [9.17, 15) is 0 Å². The Morgan fingerprint density at radius 1 is 1.08 bits per heavy atom. The number of nitrogens with zero attached hydrogens (tertiary/aromatic N) is 4. The molecule has 2 heterocycles. The zero-order chi connectivity index (χ0) is 16.7. The molecule has 1 saturated heterocycles. The molecule has 0 spiro atoms. The molecule has 2 aromatic rings. The van der Waals surface area contributed by atoms with Crippen LogP contribution in [0.4, 0.5) is 17.2 Å². The summed E-state index contributed by atoms with van der Waals surface area (Å²) in [6, 6.07) is 6.34. The highest BCUT2D eigenvalue weighted by atomic mass is 15.3. The van der Waals surface area contributed by atoms with Crippen molar-refractivity contribution in [2.24, 2.45) is 0 Å². The quantitative estimate of drug-likeness (QED) is 0.861. The third kappa shape index (κ3) is 2.58. The minimum absolute atomic E-state index is 0.571. The number of benzene rings is 1. The molecule has 1 atom stereocenters. The first-order valence-corrected chi connectivity index (χ1v) is 8.83. The van der Waals surface area contributed by atoms with Crippen molar-refractivity contribution < 1.29 is 0 Å². The smallest absolute Gasteiger partial charge is 0.135 e. The number of aromatic nitrogens is 2. The first-order valence-electron chi connectivity index (χ1n) is 8.83. The van der Waals surface area contributed by atoms with Crippen LogP contribution in [-0.2, 0) is 6.42 Å². The predicted octanol–water partition coefficient (Wildman–Crippen LogP) is 2.74. The summed E-state index contributed by atoms with van der Waals surface area (Å²) >= 11 is 0. The molecule has 1 aliphatic heterocycles. The van der Waals surface area contributed by atoms with Crippen LogP contribution in [0.25, 0.3) is 0 Å². The minimum Gasteiger partial charge on any atom is -0.397 e. The zero-order valence-electron chi connectivity index (χ0n) is 14.5. The maximum Gasteiger partial charge on any atom is 0.135 e. The topological polar surface area (TPSA) is 58.3 Å². The van der Waals surface area contributed by atoms with E-state index in [0.717, 1.165) is 49.8 Å². The Hall–Kier alpha value is -2.30. The SMILES string of the molecule is Cc1ccc(N2CCN(c3ncnc4c3[C@H](C)CC4)CC2)c(N)c1. The van der Waals surface area contributed by atoms with Crippen LogP contribution in [0.5, 0.6) is 0 Å². The molecule has 2 N–H and O–H groups in total. The van der Waals surface area contributed by atoms with Crippen LogP contribution in [0.15, 0.2) is 24.5 Å². The van der Waals surface area contributed by atoms with Crippen molar-refractivity contribution in [3.63, 3.8) is 0 Å².